The third-order valence-corrected chi connectivity index (χ3v) is 2.40. The molecule has 6 heteroatoms. The molecule has 2 rings (SSSR count). The second-order valence-electron chi connectivity index (χ2n) is 3.58. The summed E-state index contributed by atoms with van der Waals surface area (Å²) in [6.45, 7) is 1.92. The summed E-state index contributed by atoms with van der Waals surface area (Å²) in [4.78, 5) is 0. The fraction of sp³-hybridized carbons (Fsp3) is 0.182. The van der Waals surface area contributed by atoms with Gasteiger partial charge in [-0.15, -0.1) is 17.5 Å². The van der Waals surface area contributed by atoms with Crippen LogP contribution < -0.4 is 10.5 Å². The fourth-order valence-corrected chi connectivity index (χ4v) is 1.62. The SMILES string of the molecule is Cc1cc(Cl)ccc1Oc1nn(C)cc1N.Cl. The van der Waals surface area contributed by atoms with Gasteiger partial charge in [0.05, 0.1) is 6.20 Å². The third kappa shape index (κ3) is 3.05. The summed E-state index contributed by atoms with van der Waals surface area (Å²) in [5.41, 5.74) is 7.19. The summed E-state index contributed by atoms with van der Waals surface area (Å²) >= 11 is 5.86. The van der Waals surface area contributed by atoms with Crippen molar-refractivity contribution in [1.29, 1.82) is 0 Å². The van der Waals surface area contributed by atoms with Crippen molar-refractivity contribution in [2.24, 2.45) is 7.05 Å². The number of halogens is 2. The predicted molar refractivity (Wildman–Crippen MR) is 71.1 cm³/mol. The van der Waals surface area contributed by atoms with Gasteiger partial charge in [-0.2, -0.15) is 0 Å². The van der Waals surface area contributed by atoms with Crippen LogP contribution in [0.15, 0.2) is 24.4 Å². The number of nitrogens with two attached hydrogens (primary N) is 1. The maximum Gasteiger partial charge on any atom is 0.261 e. The van der Waals surface area contributed by atoms with Gasteiger partial charge in [-0.3, -0.25) is 4.68 Å². The van der Waals surface area contributed by atoms with Crippen molar-refractivity contribution in [3.8, 4) is 11.6 Å². The molecule has 92 valence electrons. The molecule has 0 atom stereocenters. The second kappa shape index (κ2) is 5.29. The van der Waals surface area contributed by atoms with E-state index < -0.39 is 0 Å². The number of benzene rings is 1. The van der Waals surface area contributed by atoms with E-state index in [-0.39, 0.29) is 12.4 Å². The molecule has 0 unspecified atom stereocenters. The Hall–Kier alpha value is -1.39. The maximum absolute atomic E-state index is 5.86. The molecule has 1 aromatic heterocycles. The number of aryl methyl sites for hydroxylation is 2. The van der Waals surface area contributed by atoms with Crippen LogP contribution in [0.25, 0.3) is 0 Å². The Balaban J connectivity index is 0.00000144. The number of nitrogen functional groups attached to an aromatic ring is 1. The Morgan fingerprint density at radius 3 is 2.65 bits per heavy atom. The first-order valence-corrected chi connectivity index (χ1v) is 5.17. The van der Waals surface area contributed by atoms with Crippen molar-refractivity contribution >= 4 is 29.7 Å². The van der Waals surface area contributed by atoms with E-state index in [1.807, 2.05) is 13.0 Å². The van der Waals surface area contributed by atoms with E-state index >= 15 is 0 Å². The zero-order chi connectivity index (χ0) is 11.7. The highest BCUT2D eigenvalue weighted by molar-refractivity contribution is 6.30. The van der Waals surface area contributed by atoms with Crippen molar-refractivity contribution in [3.63, 3.8) is 0 Å². The molecule has 1 heterocycles. The van der Waals surface area contributed by atoms with Crippen LogP contribution >= 0.6 is 24.0 Å². The Bertz CT molecular complexity index is 525. The molecule has 0 aliphatic carbocycles. The van der Waals surface area contributed by atoms with Gasteiger partial charge in [-0.25, -0.2) is 0 Å². The summed E-state index contributed by atoms with van der Waals surface area (Å²) in [5, 5.41) is 4.78. The van der Waals surface area contributed by atoms with Gasteiger partial charge >= 0.3 is 0 Å². The average molecular weight is 274 g/mol. The lowest BCUT2D eigenvalue weighted by Crippen LogP contribution is -1.92. The van der Waals surface area contributed by atoms with Crippen LogP contribution in [-0.4, -0.2) is 9.78 Å². The van der Waals surface area contributed by atoms with Crippen LogP contribution in [0.4, 0.5) is 5.69 Å². The molecular formula is C11H13Cl2N3O. The lowest BCUT2D eigenvalue weighted by molar-refractivity contribution is 0.452. The number of nitrogens with zero attached hydrogens (tertiary/aromatic N) is 2. The van der Waals surface area contributed by atoms with Crippen LogP contribution in [0.1, 0.15) is 5.56 Å². The average Bonchev–Trinajstić information content (AvgIpc) is 2.50. The highest BCUT2D eigenvalue weighted by atomic mass is 35.5. The van der Waals surface area contributed by atoms with Crippen LogP contribution in [-0.2, 0) is 7.05 Å². The van der Waals surface area contributed by atoms with E-state index in [4.69, 9.17) is 22.1 Å². The molecular weight excluding hydrogens is 261 g/mol. The largest absolute Gasteiger partial charge is 0.436 e. The molecule has 0 saturated carbocycles. The Labute approximate surface area is 111 Å². The first-order chi connectivity index (χ1) is 7.56. The van der Waals surface area contributed by atoms with Gasteiger partial charge in [0.1, 0.15) is 11.4 Å². The lowest BCUT2D eigenvalue weighted by Gasteiger charge is -2.06. The van der Waals surface area contributed by atoms with Gasteiger partial charge < -0.3 is 10.5 Å². The lowest BCUT2D eigenvalue weighted by atomic mass is 10.2. The number of anilines is 1. The quantitative estimate of drug-likeness (QED) is 0.915. The van der Waals surface area contributed by atoms with Crippen LogP contribution in [0, 0.1) is 6.92 Å². The second-order valence-corrected chi connectivity index (χ2v) is 4.01. The zero-order valence-corrected chi connectivity index (χ0v) is 11.0. The van der Waals surface area contributed by atoms with Crippen molar-refractivity contribution in [3.05, 3.63) is 35.0 Å². The minimum absolute atomic E-state index is 0. The molecule has 17 heavy (non-hydrogen) atoms. The van der Waals surface area contributed by atoms with Crippen molar-refractivity contribution in [1.82, 2.24) is 9.78 Å². The molecule has 2 aromatic rings. The van der Waals surface area contributed by atoms with Crippen LogP contribution in [0.3, 0.4) is 0 Å². The van der Waals surface area contributed by atoms with E-state index in [9.17, 15) is 0 Å². The van der Waals surface area contributed by atoms with Gasteiger partial charge in [0.25, 0.3) is 5.88 Å². The summed E-state index contributed by atoms with van der Waals surface area (Å²) < 4.78 is 7.21. The highest BCUT2D eigenvalue weighted by Gasteiger charge is 2.08. The van der Waals surface area contributed by atoms with E-state index in [2.05, 4.69) is 5.10 Å². The molecule has 4 nitrogen and oxygen atoms in total. The molecule has 0 bridgehead atoms. The Morgan fingerprint density at radius 2 is 2.12 bits per heavy atom. The Morgan fingerprint density at radius 1 is 1.41 bits per heavy atom. The number of ether oxygens (including phenoxy) is 1. The first kappa shape index (κ1) is 13.7. The molecule has 0 fully saturated rings. The minimum Gasteiger partial charge on any atom is -0.436 e. The summed E-state index contributed by atoms with van der Waals surface area (Å²) in [6, 6.07) is 5.39. The smallest absolute Gasteiger partial charge is 0.261 e. The van der Waals surface area contributed by atoms with E-state index in [0.29, 0.717) is 22.3 Å². The summed E-state index contributed by atoms with van der Waals surface area (Å²) in [7, 11) is 1.79. The summed E-state index contributed by atoms with van der Waals surface area (Å²) in [5.74, 6) is 1.11. The van der Waals surface area contributed by atoms with Gasteiger partial charge in [0.2, 0.25) is 0 Å². The molecule has 1 aromatic carbocycles. The van der Waals surface area contributed by atoms with Gasteiger partial charge in [0.15, 0.2) is 0 Å². The molecule has 0 aliphatic rings. The van der Waals surface area contributed by atoms with Crippen molar-refractivity contribution in [2.45, 2.75) is 6.92 Å². The van der Waals surface area contributed by atoms with E-state index in [0.717, 1.165) is 5.56 Å². The first-order valence-electron chi connectivity index (χ1n) is 4.79. The van der Waals surface area contributed by atoms with Gasteiger partial charge in [0, 0.05) is 12.1 Å². The third-order valence-electron chi connectivity index (χ3n) is 2.17. The predicted octanol–water partition coefficient (Wildman–Crippen LogP) is 3.18. The van der Waals surface area contributed by atoms with Gasteiger partial charge in [-0.05, 0) is 30.7 Å². The minimum atomic E-state index is 0. The van der Waals surface area contributed by atoms with Crippen molar-refractivity contribution < 1.29 is 4.74 Å². The number of hydrogen-bond donors (Lipinski definition) is 1. The van der Waals surface area contributed by atoms with Crippen LogP contribution in [0.2, 0.25) is 5.02 Å². The molecule has 0 radical (unpaired) electrons. The maximum atomic E-state index is 5.86. The number of hydrogen-bond acceptors (Lipinski definition) is 3. The fourth-order valence-electron chi connectivity index (χ4n) is 1.40. The van der Waals surface area contributed by atoms with Gasteiger partial charge in [-0.1, -0.05) is 11.6 Å². The molecule has 0 spiro atoms. The Kier molecular flexibility index (Phi) is 4.26. The van der Waals surface area contributed by atoms with Crippen LogP contribution in [0.5, 0.6) is 11.6 Å². The normalized spacial score (nSPS) is 9.82. The zero-order valence-electron chi connectivity index (χ0n) is 9.48. The monoisotopic (exact) mass is 273 g/mol. The topological polar surface area (TPSA) is 53.1 Å². The summed E-state index contributed by atoms with van der Waals surface area (Å²) in [6.07, 6.45) is 1.70. The number of aromatic nitrogens is 2. The molecule has 0 amide bonds. The van der Waals surface area contributed by atoms with E-state index in [1.165, 1.54) is 0 Å². The molecule has 2 N–H and O–H groups in total. The standard InChI is InChI=1S/C11H12ClN3O.ClH/c1-7-5-8(12)3-4-10(7)16-11-9(13)6-15(2)14-11;/h3-6H,13H2,1-2H3;1H. The van der Waals surface area contributed by atoms with Crippen molar-refractivity contribution in [2.75, 3.05) is 5.73 Å². The van der Waals surface area contributed by atoms with E-state index in [1.54, 1.807) is 30.1 Å². The number of rotatable bonds is 2. The highest BCUT2D eigenvalue weighted by Crippen LogP contribution is 2.29. The molecule has 0 saturated heterocycles. The molecule has 0 aliphatic heterocycles.